The summed E-state index contributed by atoms with van der Waals surface area (Å²) < 4.78 is 5.41. The molecule has 0 N–H and O–H groups in total. The molecule has 2 aromatic rings. The van der Waals surface area contributed by atoms with E-state index in [0.717, 1.165) is 56.1 Å². The maximum absolute atomic E-state index is 13.0. The zero-order valence-corrected chi connectivity index (χ0v) is 18.3. The van der Waals surface area contributed by atoms with Gasteiger partial charge in [0.1, 0.15) is 0 Å². The first kappa shape index (κ1) is 20.9. The van der Waals surface area contributed by atoms with Gasteiger partial charge in [-0.25, -0.2) is 0 Å². The SMILES string of the molecule is CN(Cc1ccc(N2CCOCC2)cc1)C(=O)C1CCCN(C(=O)c2cccs2)C1. The highest BCUT2D eigenvalue weighted by atomic mass is 32.1. The van der Waals surface area contributed by atoms with Crippen LogP contribution in [-0.2, 0) is 16.1 Å². The number of anilines is 1. The fraction of sp³-hybridized carbons (Fsp3) is 0.478. The first-order chi connectivity index (χ1) is 14.6. The molecule has 1 unspecified atom stereocenters. The van der Waals surface area contributed by atoms with Crippen molar-refractivity contribution in [2.24, 2.45) is 5.92 Å². The van der Waals surface area contributed by atoms with Crippen molar-refractivity contribution in [3.05, 3.63) is 52.2 Å². The summed E-state index contributed by atoms with van der Waals surface area (Å²) in [6.07, 6.45) is 1.71. The molecule has 3 heterocycles. The van der Waals surface area contributed by atoms with Crippen molar-refractivity contribution in [1.29, 1.82) is 0 Å². The molecule has 1 aromatic carbocycles. The molecular formula is C23H29N3O3S. The Morgan fingerprint density at radius 1 is 1.13 bits per heavy atom. The van der Waals surface area contributed by atoms with Gasteiger partial charge in [-0.3, -0.25) is 9.59 Å². The third-order valence-electron chi connectivity index (χ3n) is 5.90. The molecule has 0 saturated carbocycles. The van der Waals surface area contributed by atoms with Gasteiger partial charge < -0.3 is 19.4 Å². The van der Waals surface area contributed by atoms with E-state index in [2.05, 4.69) is 29.2 Å². The lowest BCUT2D eigenvalue weighted by atomic mass is 9.96. The van der Waals surface area contributed by atoms with Crippen molar-refractivity contribution < 1.29 is 14.3 Å². The summed E-state index contributed by atoms with van der Waals surface area (Å²) in [6, 6.07) is 12.2. The molecular weight excluding hydrogens is 398 g/mol. The summed E-state index contributed by atoms with van der Waals surface area (Å²) >= 11 is 1.46. The van der Waals surface area contributed by atoms with Crippen molar-refractivity contribution in [2.75, 3.05) is 51.3 Å². The third kappa shape index (κ3) is 4.84. The fourth-order valence-electron chi connectivity index (χ4n) is 4.22. The molecule has 0 aliphatic carbocycles. The lowest BCUT2D eigenvalue weighted by Crippen LogP contribution is -2.45. The number of nitrogens with zero attached hydrogens (tertiary/aromatic N) is 3. The number of morpholine rings is 1. The van der Waals surface area contributed by atoms with Gasteiger partial charge in [0.25, 0.3) is 5.91 Å². The molecule has 30 heavy (non-hydrogen) atoms. The Morgan fingerprint density at radius 3 is 2.60 bits per heavy atom. The van der Waals surface area contributed by atoms with Gasteiger partial charge in [-0.1, -0.05) is 18.2 Å². The van der Waals surface area contributed by atoms with E-state index in [1.54, 1.807) is 4.90 Å². The number of piperidine rings is 1. The van der Waals surface area contributed by atoms with Gasteiger partial charge in [0.05, 0.1) is 24.0 Å². The van der Waals surface area contributed by atoms with Crippen LogP contribution in [-0.4, -0.2) is 68.1 Å². The number of carbonyl (C=O) groups excluding carboxylic acids is 2. The average molecular weight is 428 g/mol. The number of ether oxygens (including phenoxy) is 1. The monoisotopic (exact) mass is 427 g/mol. The van der Waals surface area contributed by atoms with Gasteiger partial charge in [0, 0.05) is 45.5 Å². The summed E-state index contributed by atoms with van der Waals surface area (Å²) in [6.45, 7) is 5.19. The molecule has 6 nitrogen and oxygen atoms in total. The summed E-state index contributed by atoms with van der Waals surface area (Å²) in [7, 11) is 1.86. The van der Waals surface area contributed by atoms with Crippen LogP contribution in [0.1, 0.15) is 28.1 Å². The molecule has 2 aliphatic heterocycles. The van der Waals surface area contributed by atoms with Crippen LogP contribution < -0.4 is 4.90 Å². The second-order valence-electron chi connectivity index (χ2n) is 8.03. The highest BCUT2D eigenvalue weighted by molar-refractivity contribution is 7.12. The third-order valence-corrected chi connectivity index (χ3v) is 6.76. The van der Waals surface area contributed by atoms with Gasteiger partial charge in [0.15, 0.2) is 0 Å². The highest BCUT2D eigenvalue weighted by Crippen LogP contribution is 2.23. The average Bonchev–Trinajstić information content (AvgIpc) is 3.34. The van der Waals surface area contributed by atoms with Crippen LogP contribution in [0.2, 0.25) is 0 Å². The molecule has 2 aliphatic rings. The maximum atomic E-state index is 13.0. The number of hydrogen-bond acceptors (Lipinski definition) is 5. The van der Waals surface area contributed by atoms with Gasteiger partial charge in [0.2, 0.25) is 5.91 Å². The van der Waals surface area contributed by atoms with Crippen molar-refractivity contribution >= 4 is 28.8 Å². The van der Waals surface area contributed by atoms with Crippen LogP contribution in [0, 0.1) is 5.92 Å². The first-order valence-electron chi connectivity index (χ1n) is 10.6. The first-order valence-corrected chi connectivity index (χ1v) is 11.5. The number of thiophene rings is 1. The normalized spacial score (nSPS) is 19.6. The van der Waals surface area contributed by atoms with E-state index in [-0.39, 0.29) is 17.7 Å². The van der Waals surface area contributed by atoms with Crippen LogP contribution in [0.3, 0.4) is 0 Å². The van der Waals surface area contributed by atoms with Crippen molar-refractivity contribution in [3.8, 4) is 0 Å². The number of carbonyl (C=O) groups is 2. The standard InChI is InChI=1S/C23H29N3O3S/c1-24(16-18-6-8-20(9-7-18)25-11-13-29-14-12-25)22(27)19-4-2-10-26(17-19)23(28)21-5-3-15-30-21/h3,5-9,15,19H,2,4,10-14,16-17H2,1H3. The topological polar surface area (TPSA) is 53.1 Å². The smallest absolute Gasteiger partial charge is 0.263 e. The lowest BCUT2D eigenvalue weighted by Gasteiger charge is -2.34. The van der Waals surface area contributed by atoms with Crippen LogP contribution in [0.15, 0.2) is 41.8 Å². The molecule has 0 bridgehead atoms. The quantitative estimate of drug-likeness (QED) is 0.736. The van der Waals surface area contributed by atoms with Crippen molar-refractivity contribution in [1.82, 2.24) is 9.80 Å². The van der Waals surface area contributed by atoms with Crippen LogP contribution in [0.25, 0.3) is 0 Å². The second kappa shape index (κ2) is 9.62. The summed E-state index contributed by atoms with van der Waals surface area (Å²) in [4.78, 5) is 32.4. The Balaban J connectivity index is 1.33. The Kier molecular flexibility index (Phi) is 6.69. The summed E-state index contributed by atoms with van der Waals surface area (Å²) in [5.74, 6) is 0.0417. The minimum atomic E-state index is -0.125. The van der Waals surface area contributed by atoms with Crippen LogP contribution in [0.5, 0.6) is 0 Å². The van der Waals surface area contributed by atoms with E-state index in [9.17, 15) is 9.59 Å². The summed E-state index contributed by atoms with van der Waals surface area (Å²) in [5, 5.41) is 1.91. The molecule has 1 atom stereocenters. The number of likely N-dealkylation sites (tertiary alicyclic amines) is 1. The van der Waals surface area contributed by atoms with Gasteiger partial charge in [-0.2, -0.15) is 0 Å². The zero-order valence-electron chi connectivity index (χ0n) is 17.5. The van der Waals surface area contributed by atoms with E-state index in [1.165, 1.54) is 17.0 Å². The summed E-state index contributed by atoms with van der Waals surface area (Å²) in [5.41, 5.74) is 2.32. The zero-order chi connectivity index (χ0) is 20.9. The molecule has 1 aromatic heterocycles. The molecule has 0 spiro atoms. The van der Waals surface area contributed by atoms with Crippen LogP contribution >= 0.6 is 11.3 Å². The minimum Gasteiger partial charge on any atom is -0.378 e. The molecule has 2 fully saturated rings. The predicted octanol–water partition coefficient (Wildman–Crippen LogP) is 3.10. The van der Waals surface area contributed by atoms with Crippen molar-refractivity contribution in [2.45, 2.75) is 19.4 Å². The largest absolute Gasteiger partial charge is 0.378 e. The molecule has 160 valence electrons. The van der Waals surface area contributed by atoms with Crippen LogP contribution in [0.4, 0.5) is 5.69 Å². The molecule has 4 rings (SSSR count). The van der Waals surface area contributed by atoms with Gasteiger partial charge in [-0.05, 0) is 42.0 Å². The van der Waals surface area contributed by atoms with Gasteiger partial charge >= 0.3 is 0 Å². The lowest BCUT2D eigenvalue weighted by molar-refractivity contribution is -0.136. The van der Waals surface area contributed by atoms with Gasteiger partial charge in [-0.15, -0.1) is 11.3 Å². The van der Waals surface area contributed by atoms with Crippen molar-refractivity contribution in [3.63, 3.8) is 0 Å². The molecule has 2 amide bonds. The van der Waals surface area contributed by atoms with E-state index in [1.807, 2.05) is 29.5 Å². The Morgan fingerprint density at radius 2 is 1.90 bits per heavy atom. The van der Waals surface area contributed by atoms with E-state index in [4.69, 9.17) is 4.74 Å². The Hall–Kier alpha value is -2.38. The highest BCUT2D eigenvalue weighted by Gasteiger charge is 2.30. The van der Waals surface area contributed by atoms with E-state index in [0.29, 0.717) is 13.1 Å². The van der Waals surface area contributed by atoms with E-state index < -0.39 is 0 Å². The second-order valence-corrected chi connectivity index (χ2v) is 8.98. The molecule has 2 saturated heterocycles. The number of benzene rings is 1. The molecule has 7 heteroatoms. The molecule has 0 radical (unpaired) electrons. The number of hydrogen-bond donors (Lipinski definition) is 0. The maximum Gasteiger partial charge on any atom is 0.263 e. The minimum absolute atomic E-state index is 0.0452. The predicted molar refractivity (Wildman–Crippen MR) is 119 cm³/mol. The Labute approximate surface area is 182 Å². The number of rotatable bonds is 5. The fourth-order valence-corrected chi connectivity index (χ4v) is 4.91. The van der Waals surface area contributed by atoms with E-state index >= 15 is 0 Å². The Bertz CT molecular complexity index is 847. The number of amides is 2.